The lowest BCUT2D eigenvalue weighted by Gasteiger charge is -2.18. The van der Waals surface area contributed by atoms with Crippen LogP contribution in [0.3, 0.4) is 0 Å². The standard InChI is InChI=1S/C17H20O5/c18-17(19)15(8-6-12-4-2-1-3-5-12)22-13-7-9-14-16(10-13)21-11-20-14/h4,7,9-10,15H,1-3,5-6,8,11H2,(H,18,19). The van der Waals surface area contributed by atoms with Gasteiger partial charge in [-0.1, -0.05) is 11.6 Å². The second kappa shape index (κ2) is 6.73. The number of benzene rings is 1. The van der Waals surface area contributed by atoms with Crippen molar-refractivity contribution in [1.29, 1.82) is 0 Å². The Morgan fingerprint density at radius 3 is 2.91 bits per heavy atom. The Balaban J connectivity index is 1.61. The molecule has 1 atom stereocenters. The van der Waals surface area contributed by atoms with E-state index >= 15 is 0 Å². The third-order valence-electron chi connectivity index (χ3n) is 4.01. The normalized spacial score (nSPS) is 17.7. The third-order valence-corrected chi connectivity index (χ3v) is 4.01. The summed E-state index contributed by atoms with van der Waals surface area (Å²) in [6, 6.07) is 5.13. The van der Waals surface area contributed by atoms with Crippen molar-refractivity contribution in [2.24, 2.45) is 0 Å². The van der Waals surface area contributed by atoms with Gasteiger partial charge in [-0.15, -0.1) is 0 Å². The van der Waals surface area contributed by atoms with Crippen LogP contribution in [0.5, 0.6) is 17.2 Å². The highest BCUT2D eigenvalue weighted by Crippen LogP contribution is 2.35. The number of hydrogen-bond donors (Lipinski definition) is 1. The summed E-state index contributed by atoms with van der Waals surface area (Å²) in [5.74, 6) is 0.812. The molecule has 1 aliphatic heterocycles. The highest BCUT2D eigenvalue weighted by molar-refractivity contribution is 5.72. The number of carboxylic acids is 1. The number of fused-ring (bicyclic) bond motifs is 1. The van der Waals surface area contributed by atoms with Gasteiger partial charge in [0.05, 0.1) is 0 Å². The van der Waals surface area contributed by atoms with Gasteiger partial charge in [0.15, 0.2) is 17.6 Å². The van der Waals surface area contributed by atoms with Crippen LogP contribution in [0.2, 0.25) is 0 Å². The number of hydrogen-bond acceptors (Lipinski definition) is 4. The van der Waals surface area contributed by atoms with Gasteiger partial charge in [0, 0.05) is 6.07 Å². The van der Waals surface area contributed by atoms with Crippen LogP contribution < -0.4 is 14.2 Å². The summed E-state index contributed by atoms with van der Waals surface area (Å²) in [6.45, 7) is 0.190. The van der Waals surface area contributed by atoms with E-state index in [0.29, 0.717) is 23.7 Å². The van der Waals surface area contributed by atoms with E-state index in [1.165, 1.54) is 18.4 Å². The van der Waals surface area contributed by atoms with E-state index in [4.69, 9.17) is 14.2 Å². The van der Waals surface area contributed by atoms with E-state index < -0.39 is 12.1 Å². The Hall–Kier alpha value is -2.17. The van der Waals surface area contributed by atoms with E-state index in [0.717, 1.165) is 19.3 Å². The molecule has 1 heterocycles. The largest absolute Gasteiger partial charge is 0.479 e. The monoisotopic (exact) mass is 304 g/mol. The average molecular weight is 304 g/mol. The highest BCUT2D eigenvalue weighted by atomic mass is 16.7. The Labute approximate surface area is 129 Å². The number of carbonyl (C=O) groups is 1. The summed E-state index contributed by atoms with van der Waals surface area (Å²) in [5.41, 5.74) is 1.35. The SMILES string of the molecule is O=C(O)C(CCC1=CCCCC1)Oc1ccc2c(c1)OCO2. The van der Waals surface area contributed by atoms with Crippen LogP contribution in [0.4, 0.5) is 0 Å². The molecule has 0 spiro atoms. The molecule has 0 bridgehead atoms. The van der Waals surface area contributed by atoms with Gasteiger partial charge in [-0.05, 0) is 50.7 Å². The molecule has 1 aromatic carbocycles. The van der Waals surface area contributed by atoms with E-state index in [2.05, 4.69) is 6.08 Å². The summed E-state index contributed by atoms with van der Waals surface area (Å²) in [5, 5.41) is 9.36. The van der Waals surface area contributed by atoms with Gasteiger partial charge in [-0.3, -0.25) is 0 Å². The summed E-state index contributed by atoms with van der Waals surface area (Å²) in [4.78, 5) is 11.4. The third kappa shape index (κ3) is 3.53. The minimum Gasteiger partial charge on any atom is -0.479 e. The predicted octanol–water partition coefficient (Wildman–Crippen LogP) is 3.53. The second-order valence-electron chi connectivity index (χ2n) is 5.61. The van der Waals surface area contributed by atoms with Gasteiger partial charge in [-0.25, -0.2) is 4.79 Å². The lowest BCUT2D eigenvalue weighted by atomic mass is 9.95. The van der Waals surface area contributed by atoms with Crippen molar-refractivity contribution < 1.29 is 24.1 Å². The maximum Gasteiger partial charge on any atom is 0.344 e. The van der Waals surface area contributed by atoms with Crippen LogP contribution >= 0.6 is 0 Å². The summed E-state index contributed by atoms with van der Waals surface area (Å²) < 4.78 is 16.1. The van der Waals surface area contributed by atoms with Crippen molar-refractivity contribution in [1.82, 2.24) is 0 Å². The lowest BCUT2D eigenvalue weighted by Crippen LogP contribution is -2.27. The van der Waals surface area contributed by atoms with E-state index in [1.54, 1.807) is 18.2 Å². The molecule has 0 aromatic heterocycles. The molecule has 1 N–H and O–H groups in total. The quantitative estimate of drug-likeness (QED) is 0.814. The van der Waals surface area contributed by atoms with Crippen molar-refractivity contribution in [2.75, 3.05) is 6.79 Å². The molecule has 1 aliphatic carbocycles. The van der Waals surface area contributed by atoms with Crippen LogP contribution in [0, 0.1) is 0 Å². The maximum atomic E-state index is 11.4. The zero-order valence-electron chi connectivity index (χ0n) is 12.4. The summed E-state index contributed by atoms with van der Waals surface area (Å²) >= 11 is 0. The first kappa shape index (κ1) is 14.8. The number of ether oxygens (including phenoxy) is 3. The fraction of sp³-hybridized carbons (Fsp3) is 0.471. The van der Waals surface area contributed by atoms with Crippen LogP contribution in [-0.4, -0.2) is 24.0 Å². The molecule has 0 amide bonds. The van der Waals surface area contributed by atoms with Crippen LogP contribution in [0.1, 0.15) is 38.5 Å². The fourth-order valence-electron chi connectivity index (χ4n) is 2.80. The van der Waals surface area contributed by atoms with Crippen LogP contribution in [0.15, 0.2) is 29.8 Å². The molecule has 5 heteroatoms. The van der Waals surface area contributed by atoms with Gasteiger partial charge >= 0.3 is 5.97 Å². The first-order valence-corrected chi connectivity index (χ1v) is 7.69. The molecular formula is C17H20O5. The molecule has 5 nitrogen and oxygen atoms in total. The Morgan fingerprint density at radius 2 is 2.14 bits per heavy atom. The number of aliphatic carboxylic acids is 1. The maximum absolute atomic E-state index is 11.4. The molecule has 0 fully saturated rings. The summed E-state index contributed by atoms with van der Waals surface area (Å²) in [7, 11) is 0. The Kier molecular flexibility index (Phi) is 4.51. The molecular weight excluding hydrogens is 284 g/mol. The van der Waals surface area contributed by atoms with Crippen LogP contribution in [0.25, 0.3) is 0 Å². The zero-order valence-corrected chi connectivity index (χ0v) is 12.4. The van der Waals surface area contributed by atoms with E-state index in [-0.39, 0.29) is 6.79 Å². The van der Waals surface area contributed by atoms with Crippen molar-refractivity contribution in [3.8, 4) is 17.2 Å². The predicted molar refractivity (Wildman–Crippen MR) is 80.4 cm³/mol. The first-order valence-electron chi connectivity index (χ1n) is 7.69. The van der Waals surface area contributed by atoms with Gasteiger partial charge in [0.2, 0.25) is 6.79 Å². The fourth-order valence-corrected chi connectivity index (χ4v) is 2.80. The van der Waals surface area contributed by atoms with Crippen molar-refractivity contribution in [3.05, 3.63) is 29.8 Å². The molecule has 22 heavy (non-hydrogen) atoms. The molecule has 118 valence electrons. The Morgan fingerprint density at radius 1 is 1.27 bits per heavy atom. The molecule has 3 rings (SSSR count). The van der Waals surface area contributed by atoms with Crippen molar-refractivity contribution >= 4 is 5.97 Å². The van der Waals surface area contributed by atoms with E-state index in [9.17, 15) is 9.90 Å². The molecule has 0 saturated heterocycles. The summed E-state index contributed by atoms with van der Waals surface area (Å²) in [6.07, 6.45) is 7.28. The second-order valence-corrected chi connectivity index (χ2v) is 5.61. The van der Waals surface area contributed by atoms with Gasteiger partial charge in [0.25, 0.3) is 0 Å². The van der Waals surface area contributed by atoms with Gasteiger partial charge in [-0.2, -0.15) is 0 Å². The molecule has 0 radical (unpaired) electrons. The van der Waals surface area contributed by atoms with Crippen molar-refractivity contribution in [3.63, 3.8) is 0 Å². The van der Waals surface area contributed by atoms with Gasteiger partial charge < -0.3 is 19.3 Å². The minimum atomic E-state index is -0.936. The van der Waals surface area contributed by atoms with E-state index in [1.807, 2.05) is 0 Å². The number of rotatable bonds is 6. The zero-order chi connectivity index (χ0) is 15.4. The van der Waals surface area contributed by atoms with Gasteiger partial charge in [0.1, 0.15) is 5.75 Å². The topological polar surface area (TPSA) is 65.0 Å². The first-order chi connectivity index (χ1) is 10.7. The highest BCUT2D eigenvalue weighted by Gasteiger charge is 2.22. The molecule has 0 saturated carbocycles. The number of carboxylic acid groups (broad SMARTS) is 1. The average Bonchev–Trinajstić information content (AvgIpc) is 2.99. The Bertz CT molecular complexity index is 578. The lowest BCUT2D eigenvalue weighted by molar-refractivity contribution is -0.145. The molecule has 2 aliphatic rings. The van der Waals surface area contributed by atoms with Crippen LogP contribution in [-0.2, 0) is 4.79 Å². The minimum absolute atomic E-state index is 0.190. The molecule has 1 unspecified atom stereocenters. The van der Waals surface area contributed by atoms with Crippen molar-refractivity contribution in [2.45, 2.75) is 44.6 Å². The smallest absolute Gasteiger partial charge is 0.344 e. The molecule has 1 aromatic rings. The number of allylic oxidation sites excluding steroid dienone is 2.